The highest BCUT2D eigenvalue weighted by Crippen LogP contribution is 2.31. The molecule has 1 aromatic heterocycles. The molecule has 33 heavy (non-hydrogen) atoms. The van der Waals surface area contributed by atoms with Crippen LogP contribution in [0.2, 0.25) is 0 Å². The molecule has 0 saturated heterocycles. The summed E-state index contributed by atoms with van der Waals surface area (Å²) in [5.41, 5.74) is 3.12. The van der Waals surface area contributed by atoms with Gasteiger partial charge < -0.3 is 19.4 Å². The molecule has 1 heterocycles. The van der Waals surface area contributed by atoms with Gasteiger partial charge in [0.25, 0.3) is 5.56 Å². The van der Waals surface area contributed by atoms with Crippen molar-refractivity contribution in [2.75, 3.05) is 26.1 Å². The molecule has 6 nitrogen and oxygen atoms in total. The van der Waals surface area contributed by atoms with Gasteiger partial charge in [-0.05, 0) is 48.6 Å². The van der Waals surface area contributed by atoms with Crippen molar-refractivity contribution in [1.29, 1.82) is 0 Å². The SMILES string of the molecule is CCc1cc(Cn2c(C)cc(=O)nc2NC2=CC(CCOC)=C(OC)CC2C)cc(F)c1F. The number of methoxy groups -OCH3 is 2. The third-order valence-electron chi connectivity index (χ3n) is 5.90. The number of hydrogen-bond donors (Lipinski definition) is 1. The summed E-state index contributed by atoms with van der Waals surface area (Å²) in [7, 11) is 3.31. The molecule has 0 radical (unpaired) electrons. The average Bonchev–Trinajstić information content (AvgIpc) is 2.78. The number of nitrogens with zero attached hydrogens (tertiary/aromatic N) is 2. The Hall–Kier alpha value is -3.00. The fourth-order valence-electron chi connectivity index (χ4n) is 4.01. The number of ether oxygens (including phenoxy) is 2. The van der Waals surface area contributed by atoms with Crippen molar-refractivity contribution in [3.63, 3.8) is 0 Å². The highest BCUT2D eigenvalue weighted by Gasteiger charge is 2.22. The molecule has 1 aliphatic carbocycles. The number of rotatable bonds is 9. The van der Waals surface area contributed by atoms with Gasteiger partial charge in [-0.15, -0.1) is 0 Å². The summed E-state index contributed by atoms with van der Waals surface area (Å²) < 4.78 is 40.7. The fraction of sp³-hybridized carbons (Fsp3) is 0.440. The lowest BCUT2D eigenvalue weighted by molar-refractivity contribution is 0.198. The smallest absolute Gasteiger partial charge is 0.274 e. The van der Waals surface area contributed by atoms with Gasteiger partial charge in [-0.25, -0.2) is 8.78 Å². The van der Waals surface area contributed by atoms with Crippen molar-refractivity contribution in [2.24, 2.45) is 5.92 Å². The fourth-order valence-corrected chi connectivity index (χ4v) is 4.01. The summed E-state index contributed by atoms with van der Waals surface area (Å²) in [5, 5.41) is 3.32. The molecule has 1 N–H and O–H groups in total. The average molecular weight is 460 g/mol. The first kappa shape index (κ1) is 24.6. The summed E-state index contributed by atoms with van der Waals surface area (Å²) in [6, 6.07) is 4.27. The van der Waals surface area contributed by atoms with Crippen molar-refractivity contribution in [1.82, 2.24) is 9.55 Å². The standard InChI is InChI=1S/C25H31F2N3O3/c1-6-18-11-17(12-20(26)24(18)27)14-30-16(3)10-23(31)29-25(30)28-21-13-19(7-8-32-4)22(33-5)9-15(21)2/h10-13,15H,6-9,14H2,1-5H3,(H,28,29,31). The van der Waals surface area contributed by atoms with E-state index in [0.717, 1.165) is 17.0 Å². The van der Waals surface area contributed by atoms with E-state index in [2.05, 4.69) is 17.2 Å². The number of benzene rings is 1. The van der Waals surface area contributed by atoms with E-state index in [1.165, 1.54) is 12.1 Å². The second-order valence-electron chi connectivity index (χ2n) is 8.28. The molecular weight excluding hydrogens is 428 g/mol. The van der Waals surface area contributed by atoms with Crippen molar-refractivity contribution >= 4 is 5.95 Å². The summed E-state index contributed by atoms with van der Waals surface area (Å²) in [6.45, 7) is 6.43. The van der Waals surface area contributed by atoms with Gasteiger partial charge in [0.15, 0.2) is 11.6 Å². The van der Waals surface area contributed by atoms with Crippen LogP contribution in [0.15, 0.2) is 46.1 Å². The Morgan fingerprint density at radius 1 is 1.24 bits per heavy atom. The maximum atomic E-state index is 14.1. The largest absolute Gasteiger partial charge is 0.501 e. The van der Waals surface area contributed by atoms with E-state index in [4.69, 9.17) is 9.47 Å². The van der Waals surface area contributed by atoms with Crippen molar-refractivity contribution in [3.8, 4) is 0 Å². The Balaban J connectivity index is 1.99. The lowest BCUT2D eigenvalue weighted by atomic mass is 9.91. The Bertz CT molecular complexity index is 1140. The Kier molecular flexibility index (Phi) is 8.02. The van der Waals surface area contributed by atoms with Crippen LogP contribution in [0.5, 0.6) is 0 Å². The zero-order valence-corrected chi connectivity index (χ0v) is 19.8. The van der Waals surface area contributed by atoms with Crippen LogP contribution in [-0.4, -0.2) is 30.4 Å². The van der Waals surface area contributed by atoms with E-state index < -0.39 is 11.6 Å². The maximum Gasteiger partial charge on any atom is 0.274 e. The van der Waals surface area contributed by atoms with Crippen LogP contribution < -0.4 is 10.9 Å². The molecule has 2 aromatic rings. The molecule has 0 amide bonds. The van der Waals surface area contributed by atoms with Gasteiger partial charge in [-0.3, -0.25) is 4.79 Å². The van der Waals surface area contributed by atoms with Crippen LogP contribution in [0, 0.1) is 24.5 Å². The number of anilines is 1. The number of allylic oxidation sites excluding steroid dienone is 3. The second-order valence-corrected chi connectivity index (χ2v) is 8.28. The van der Waals surface area contributed by atoms with Crippen molar-refractivity contribution in [2.45, 2.75) is 46.6 Å². The zero-order valence-electron chi connectivity index (χ0n) is 19.8. The molecule has 0 fully saturated rings. The first-order valence-corrected chi connectivity index (χ1v) is 11.1. The van der Waals surface area contributed by atoms with E-state index >= 15 is 0 Å². The van der Waals surface area contributed by atoms with Crippen LogP contribution in [0.3, 0.4) is 0 Å². The predicted octanol–water partition coefficient (Wildman–Crippen LogP) is 4.71. The maximum absolute atomic E-state index is 14.1. The minimum absolute atomic E-state index is 0.104. The van der Waals surface area contributed by atoms with Crippen LogP contribution in [0.4, 0.5) is 14.7 Å². The number of halogens is 2. The second kappa shape index (κ2) is 10.7. The quantitative estimate of drug-likeness (QED) is 0.588. The van der Waals surface area contributed by atoms with E-state index in [0.29, 0.717) is 48.6 Å². The molecule has 1 atom stereocenters. The Morgan fingerprint density at radius 3 is 2.67 bits per heavy atom. The van der Waals surface area contributed by atoms with Gasteiger partial charge >= 0.3 is 0 Å². The minimum atomic E-state index is -0.880. The number of aryl methyl sites for hydroxylation is 2. The molecule has 3 rings (SSSR count). The van der Waals surface area contributed by atoms with E-state index in [1.54, 1.807) is 38.7 Å². The van der Waals surface area contributed by atoms with Gasteiger partial charge in [0.2, 0.25) is 5.95 Å². The molecule has 0 saturated carbocycles. The van der Waals surface area contributed by atoms with Crippen LogP contribution in [0.25, 0.3) is 0 Å². The van der Waals surface area contributed by atoms with Gasteiger partial charge in [-0.2, -0.15) is 4.98 Å². The monoisotopic (exact) mass is 459 g/mol. The molecule has 8 heteroatoms. The summed E-state index contributed by atoms with van der Waals surface area (Å²) in [6.07, 6.45) is 3.79. The predicted molar refractivity (Wildman–Crippen MR) is 124 cm³/mol. The Morgan fingerprint density at radius 2 is 2.00 bits per heavy atom. The lowest BCUT2D eigenvalue weighted by Gasteiger charge is -2.27. The zero-order chi connectivity index (χ0) is 24.1. The lowest BCUT2D eigenvalue weighted by Crippen LogP contribution is -2.24. The topological polar surface area (TPSA) is 65.4 Å². The summed E-state index contributed by atoms with van der Waals surface area (Å²) in [4.78, 5) is 16.4. The first-order chi connectivity index (χ1) is 15.8. The Labute approximate surface area is 192 Å². The highest BCUT2D eigenvalue weighted by atomic mass is 19.2. The summed E-state index contributed by atoms with van der Waals surface area (Å²) in [5.74, 6) is -0.331. The van der Waals surface area contributed by atoms with Gasteiger partial charge in [0.05, 0.1) is 26.0 Å². The van der Waals surface area contributed by atoms with Crippen LogP contribution >= 0.6 is 0 Å². The van der Waals surface area contributed by atoms with Gasteiger partial charge in [0.1, 0.15) is 0 Å². The molecule has 0 aliphatic heterocycles. The third-order valence-corrected chi connectivity index (χ3v) is 5.90. The third kappa shape index (κ3) is 5.68. The normalized spacial score (nSPS) is 16.1. The van der Waals surface area contributed by atoms with Crippen LogP contribution in [-0.2, 0) is 22.4 Å². The molecule has 0 bridgehead atoms. The number of aromatic nitrogens is 2. The molecule has 178 valence electrons. The molecule has 1 unspecified atom stereocenters. The van der Waals surface area contributed by atoms with Crippen molar-refractivity contribution in [3.05, 3.63) is 80.1 Å². The first-order valence-electron chi connectivity index (χ1n) is 11.1. The van der Waals surface area contributed by atoms with E-state index in [9.17, 15) is 13.6 Å². The number of hydrogen-bond acceptors (Lipinski definition) is 5. The molecule has 1 aromatic carbocycles. The van der Waals surface area contributed by atoms with E-state index in [1.807, 2.05) is 6.08 Å². The minimum Gasteiger partial charge on any atom is -0.501 e. The van der Waals surface area contributed by atoms with E-state index in [-0.39, 0.29) is 18.0 Å². The molecule has 1 aliphatic rings. The highest BCUT2D eigenvalue weighted by molar-refractivity contribution is 5.44. The number of nitrogens with one attached hydrogen (secondary N) is 1. The molecular formula is C25H31F2N3O3. The summed E-state index contributed by atoms with van der Waals surface area (Å²) >= 11 is 0. The van der Waals surface area contributed by atoms with Crippen molar-refractivity contribution < 1.29 is 18.3 Å². The van der Waals surface area contributed by atoms with Gasteiger partial charge in [0, 0.05) is 36.9 Å². The molecule has 0 spiro atoms. The van der Waals surface area contributed by atoms with Gasteiger partial charge in [-0.1, -0.05) is 19.9 Å². The van der Waals surface area contributed by atoms with Crippen LogP contribution in [0.1, 0.15) is 43.5 Å².